The molecule has 0 unspecified atom stereocenters. The molecule has 1 amide bonds. The fourth-order valence-electron chi connectivity index (χ4n) is 1.05. The number of nitrogens with zero attached hydrogens (tertiary/aromatic N) is 2. The summed E-state index contributed by atoms with van der Waals surface area (Å²) in [6, 6.07) is 0. The summed E-state index contributed by atoms with van der Waals surface area (Å²) in [5, 5.41) is 28.1. The van der Waals surface area contributed by atoms with Crippen LogP contribution in [0, 0.1) is 0 Å². The van der Waals surface area contributed by atoms with Crippen LogP contribution in [0.1, 0.15) is 6.92 Å². The number of amides is 1. The molecule has 0 aliphatic carbocycles. The summed E-state index contributed by atoms with van der Waals surface area (Å²) in [4.78, 5) is 21.7. The summed E-state index contributed by atoms with van der Waals surface area (Å²) < 4.78 is 0. The molecule has 16 heavy (non-hydrogen) atoms. The van der Waals surface area contributed by atoms with Gasteiger partial charge in [0.25, 0.3) is 0 Å². The molecule has 8 heteroatoms. The number of hydrogen-bond acceptors (Lipinski definition) is 6. The van der Waals surface area contributed by atoms with Gasteiger partial charge in [-0.2, -0.15) is 5.12 Å². The van der Waals surface area contributed by atoms with Crippen LogP contribution in [0.15, 0.2) is 0 Å². The Bertz CT molecular complexity index is 236. The average molecular weight is 235 g/mol. The first-order valence-electron chi connectivity index (χ1n) is 4.75. The predicted octanol–water partition coefficient (Wildman–Crippen LogP) is -2.37. The normalized spacial score (nSPS) is 10.5. The average Bonchev–Trinajstić information content (AvgIpc) is 2.20. The van der Waals surface area contributed by atoms with Gasteiger partial charge < -0.3 is 15.3 Å². The van der Waals surface area contributed by atoms with Gasteiger partial charge in [-0.3, -0.25) is 14.6 Å². The van der Waals surface area contributed by atoms with Crippen LogP contribution in [-0.4, -0.2) is 70.2 Å². The summed E-state index contributed by atoms with van der Waals surface area (Å²) in [5.74, 6) is -1.63. The Kier molecular flexibility index (Phi) is 7.38. The quantitative estimate of drug-likeness (QED) is 0.348. The number of carbonyl (C=O) groups excluding carboxylic acids is 1. The molecule has 0 heterocycles. The van der Waals surface area contributed by atoms with E-state index in [4.69, 9.17) is 15.3 Å². The minimum absolute atomic E-state index is 0.0485. The van der Waals surface area contributed by atoms with Gasteiger partial charge in [-0.1, -0.05) is 0 Å². The van der Waals surface area contributed by atoms with Gasteiger partial charge in [-0.05, 0) is 0 Å². The predicted molar refractivity (Wildman–Crippen MR) is 53.9 cm³/mol. The second-order valence-electron chi connectivity index (χ2n) is 2.95. The van der Waals surface area contributed by atoms with Gasteiger partial charge in [-0.25, -0.2) is 5.43 Å². The lowest BCUT2D eigenvalue weighted by Gasteiger charge is -2.32. The molecular weight excluding hydrogens is 218 g/mol. The van der Waals surface area contributed by atoms with E-state index < -0.39 is 18.4 Å². The Hall–Kier alpha value is -1.22. The highest BCUT2D eigenvalue weighted by molar-refractivity contribution is 5.79. The van der Waals surface area contributed by atoms with Crippen molar-refractivity contribution in [2.75, 3.05) is 32.8 Å². The van der Waals surface area contributed by atoms with Crippen LogP contribution in [0.3, 0.4) is 0 Å². The molecule has 0 bridgehead atoms. The van der Waals surface area contributed by atoms with Gasteiger partial charge in [0.05, 0.1) is 19.8 Å². The number of nitrogens with one attached hydrogen (secondary N) is 1. The van der Waals surface area contributed by atoms with Crippen molar-refractivity contribution in [3.05, 3.63) is 0 Å². The monoisotopic (exact) mass is 235 g/mol. The number of hydrazine groups is 2. The zero-order chi connectivity index (χ0) is 12.6. The van der Waals surface area contributed by atoms with E-state index in [-0.39, 0.29) is 26.3 Å². The zero-order valence-corrected chi connectivity index (χ0v) is 9.09. The van der Waals surface area contributed by atoms with Crippen molar-refractivity contribution >= 4 is 11.9 Å². The van der Waals surface area contributed by atoms with Gasteiger partial charge in [0, 0.05) is 13.5 Å². The molecule has 0 radical (unpaired) electrons. The number of hydrogen-bond donors (Lipinski definition) is 4. The molecule has 0 aliphatic heterocycles. The molecule has 8 nitrogen and oxygen atoms in total. The molecule has 0 aliphatic rings. The van der Waals surface area contributed by atoms with Gasteiger partial charge in [-0.15, -0.1) is 0 Å². The standard InChI is InChI=1S/C8H17N3O5/c1-7(14)10(6-8(15)16)11(3-5-13)9-2-4-12/h9,12-13H,2-6H2,1H3,(H,15,16). The lowest BCUT2D eigenvalue weighted by atomic mass is 10.5. The Morgan fingerprint density at radius 2 is 1.88 bits per heavy atom. The molecule has 0 saturated carbocycles. The lowest BCUT2D eigenvalue weighted by Crippen LogP contribution is -2.56. The van der Waals surface area contributed by atoms with Crippen LogP contribution < -0.4 is 5.43 Å². The van der Waals surface area contributed by atoms with E-state index in [2.05, 4.69) is 5.43 Å². The summed E-state index contributed by atoms with van der Waals surface area (Å²) in [5.41, 5.74) is 2.62. The Balaban J connectivity index is 4.51. The van der Waals surface area contributed by atoms with Crippen LogP contribution >= 0.6 is 0 Å². The van der Waals surface area contributed by atoms with E-state index in [0.29, 0.717) is 0 Å². The van der Waals surface area contributed by atoms with E-state index in [1.165, 1.54) is 12.0 Å². The second-order valence-corrected chi connectivity index (χ2v) is 2.95. The van der Waals surface area contributed by atoms with E-state index in [1.54, 1.807) is 0 Å². The number of aliphatic carboxylic acids is 1. The molecule has 0 aromatic heterocycles. The first-order chi connectivity index (χ1) is 7.52. The maximum Gasteiger partial charge on any atom is 0.324 e. The molecule has 4 N–H and O–H groups in total. The maximum absolute atomic E-state index is 11.2. The minimum atomic E-state index is -1.16. The fourth-order valence-corrected chi connectivity index (χ4v) is 1.05. The van der Waals surface area contributed by atoms with E-state index in [9.17, 15) is 9.59 Å². The third-order valence-corrected chi connectivity index (χ3v) is 1.66. The Labute approximate surface area is 93.0 Å². The maximum atomic E-state index is 11.2. The number of aliphatic hydroxyl groups is 2. The van der Waals surface area contributed by atoms with Gasteiger partial charge in [0.1, 0.15) is 6.54 Å². The molecule has 0 fully saturated rings. The SMILES string of the molecule is CC(=O)N(CC(=O)O)N(CCO)NCCO. The van der Waals surface area contributed by atoms with E-state index >= 15 is 0 Å². The number of carbonyl (C=O) groups is 2. The van der Waals surface area contributed by atoms with Crippen molar-refractivity contribution in [1.29, 1.82) is 0 Å². The summed E-state index contributed by atoms with van der Waals surface area (Å²) in [6.07, 6.45) is 0. The minimum Gasteiger partial charge on any atom is -0.480 e. The Morgan fingerprint density at radius 3 is 2.25 bits per heavy atom. The van der Waals surface area contributed by atoms with Crippen molar-refractivity contribution in [2.24, 2.45) is 0 Å². The number of rotatable bonds is 8. The molecule has 0 aromatic rings. The molecule has 0 aromatic carbocycles. The highest BCUT2D eigenvalue weighted by atomic mass is 16.4. The topological polar surface area (TPSA) is 113 Å². The first kappa shape index (κ1) is 14.8. The van der Waals surface area contributed by atoms with Crippen molar-refractivity contribution in [3.63, 3.8) is 0 Å². The first-order valence-corrected chi connectivity index (χ1v) is 4.75. The third kappa shape index (κ3) is 5.61. The summed E-state index contributed by atoms with van der Waals surface area (Å²) >= 11 is 0. The lowest BCUT2D eigenvalue weighted by molar-refractivity contribution is -0.165. The zero-order valence-electron chi connectivity index (χ0n) is 9.09. The van der Waals surface area contributed by atoms with Crippen LogP contribution in [0.5, 0.6) is 0 Å². The van der Waals surface area contributed by atoms with E-state index in [1.807, 2.05) is 0 Å². The van der Waals surface area contributed by atoms with Crippen LogP contribution in [0.25, 0.3) is 0 Å². The number of carboxylic acid groups (broad SMARTS) is 1. The fraction of sp³-hybridized carbons (Fsp3) is 0.750. The van der Waals surface area contributed by atoms with Gasteiger partial charge in [0.2, 0.25) is 5.91 Å². The van der Waals surface area contributed by atoms with Gasteiger partial charge >= 0.3 is 5.97 Å². The van der Waals surface area contributed by atoms with Crippen molar-refractivity contribution in [3.8, 4) is 0 Å². The second kappa shape index (κ2) is 7.99. The largest absolute Gasteiger partial charge is 0.480 e. The molecule has 0 saturated heterocycles. The molecule has 0 atom stereocenters. The van der Waals surface area contributed by atoms with E-state index in [0.717, 1.165) is 5.01 Å². The smallest absolute Gasteiger partial charge is 0.324 e. The van der Waals surface area contributed by atoms with Crippen LogP contribution in [0.2, 0.25) is 0 Å². The molecular formula is C8H17N3O5. The number of carboxylic acids is 1. The summed E-state index contributed by atoms with van der Waals surface area (Å²) in [7, 11) is 0. The van der Waals surface area contributed by atoms with Crippen LogP contribution in [0.4, 0.5) is 0 Å². The third-order valence-electron chi connectivity index (χ3n) is 1.66. The molecule has 0 rings (SSSR count). The van der Waals surface area contributed by atoms with Crippen molar-refractivity contribution < 1.29 is 24.9 Å². The van der Waals surface area contributed by atoms with Crippen LogP contribution in [-0.2, 0) is 9.59 Å². The highest BCUT2D eigenvalue weighted by Crippen LogP contribution is 1.95. The Morgan fingerprint density at radius 1 is 1.25 bits per heavy atom. The number of aliphatic hydroxyl groups excluding tert-OH is 2. The van der Waals surface area contributed by atoms with Crippen molar-refractivity contribution in [1.82, 2.24) is 15.6 Å². The molecule has 0 spiro atoms. The van der Waals surface area contributed by atoms with Gasteiger partial charge in [0.15, 0.2) is 0 Å². The molecule has 94 valence electrons. The highest BCUT2D eigenvalue weighted by Gasteiger charge is 2.20. The summed E-state index contributed by atoms with van der Waals surface area (Å²) in [6.45, 7) is 0.501. The van der Waals surface area contributed by atoms with Crippen molar-refractivity contribution in [2.45, 2.75) is 6.92 Å².